The third kappa shape index (κ3) is 2.63. The van der Waals surface area contributed by atoms with Crippen LogP contribution < -0.4 is 0 Å². The first kappa shape index (κ1) is 12.9. The van der Waals surface area contributed by atoms with Crippen molar-refractivity contribution < 1.29 is 13.2 Å². The van der Waals surface area contributed by atoms with Gasteiger partial charge < -0.3 is 0 Å². The Kier molecular flexibility index (Phi) is 3.29. The van der Waals surface area contributed by atoms with E-state index in [0.717, 1.165) is 0 Å². The van der Waals surface area contributed by atoms with E-state index in [9.17, 15) is 13.2 Å². The predicted molar refractivity (Wildman–Crippen MR) is 60.0 cm³/mol. The van der Waals surface area contributed by atoms with Crippen molar-refractivity contribution in [2.24, 2.45) is 0 Å². The molecule has 8 heteroatoms. The first-order chi connectivity index (χ1) is 8.38. The summed E-state index contributed by atoms with van der Waals surface area (Å²) >= 11 is 0.464. The Bertz CT molecular complexity index is 550. The summed E-state index contributed by atoms with van der Waals surface area (Å²) < 4.78 is 37.2. The summed E-state index contributed by atoms with van der Waals surface area (Å²) in [6.07, 6.45) is -1.51. The minimum absolute atomic E-state index is 0.123. The van der Waals surface area contributed by atoms with Crippen molar-refractivity contribution in [1.29, 1.82) is 0 Å². The average molecular weight is 274 g/mol. The zero-order valence-corrected chi connectivity index (χ0v) is 10.4. The van der Waals surface area contributed by atoms with E-state index < -0.39 is 11.2 Å². The minimum Gasteiger partial charge on any atom is -0.260 e. The quantitative estimate of drug-likeness (QED) is 0.844. The van der Waals surface area contributed by atoms with Gasteiger partial charge in [-0.3, -0.25) is 4.98 Å². The van der Waals surface area contributed by atoms with Crippen molar-refractivity contribution in [2.45, 2.75) is 25.9 Å². The van der Waals surface area contributed by atoms with Gasteiger partial charge in [-0.05, 0) is 5.92 Å². The first-order valence-corrected chi connectivity index (χ1v) is 5.92. The predicted octanol–water partition coefficient (Wildman–Crippen LogP) is 3.14. The van der Waals surface area contributed by atoms with Gasteiger partial charge in [0.15, 0.2) is 5.01 Å². The van der Waals surface area contributed by atoms with Gasteiger partial charge in [0.25, 0.3) is 0 Å². The highest BCUT2D eigenvalue weighted by molar-refractivity contribution is 7.14. The zero-order valence-electron chi connectivity index (χ0n) is 9.56. The highest BCUT2D eigenvalue weighted by Crippen LogP contribution is 2.34. The Morgan fingerprint density at radius 2 is 1.89 bits per heavy atom. The summed E-state index contributed by atoms with van der Waals surface area (Å²) in [6.45, 7) is 3.85. The van der Waals surface area contributed by atoms with Crippen molar-refractivity contribution in [1.82, 2.24) is 20.2 Å². The Balaban J connectivity index is 2.37. The topological polar surface area (TPSA) is 51.6 Å². The van der Waals surface area contributed by atoms with Crippen molar-refractivity contribution in [3.05, 3.63) is 23.1 Å². The smallest absolute Gasteiger partial charge is 0.260 e. The molecule has 2 rings (SSSR count). The molecule has 96 valence electrons. The maximum Gasteiger partial charge on any atom is 0.445 e. The van der Waals surface area contributed by atoms with E-state index in [1.165, 1.54) is 6.20 Å². The molecule has 0 atom stereocenters. The molecule has 0 saturated carbocycles. The molecule has 2 aromatic heterocycles. The molecule has 0 aliphatic carbocycles. The molecule has 0 aliphatic heterocycles. The lowest BCUT2D eigenvalue weighted by atomic mass is 10.1. The van der Waals surface area contributed by atoms with Gasteiger partial charge in [-0.25, -0.2) is 4.98 Å². The Morgan fingerprint density at radius 1 is 1.17 bits per heavy atom. The molecule has 2 aromatic rings. The molecule has 0 fully saturated rings. The van der Waals surface area contributed by atoms with Gasteiger partial charge in [0.05, 0.1) is 11.9 Å². The minimum atomic E-state index is -4.47. The standard InChI is InChI=1S/C10H9F3N4S/c1-5(2)6-3-14-4-7(15-6)8-16-17-9(18-8)10(11,12)13/h3-5H,1-2H3. The molecule has 0 radical (unpaired) electrons. The molecule has 0 aliphatic rings. The van der Waals surface area contributed by atoms with E-state index in [1.54, 1.807) is 6.20 Å². The summed E-state index contributed by atoms with van der Waals surface area (Å²) in [7, 11) is 0. The van der Waals surface area contributed by atoms with Crippen molar-refractivity contribution in [3.8, 4) is 10.7 Å². The second kappa shape index (κ2) is 4.60. The fourth-order valence-electron chi connectivity index (χ4n) is 1.20. The second-order valence-corrected chi connectivity index (χ2v) is 4.87. The molecule has 0 spiro atoms. The Hall–Kier alpha value is -1.57. The van der Waals surface area contributed by atoms with Gasteiger partial charge in [-0.15, -0.1) is 10.2 Å². The van der Waals surface area contributed by atoms with E-state index in [1.807, 2.05) is 13.8 Å². The van der Waals surface area contributed by atoms with E-state index in [2.05, 4.69) is 20.2 Å². The normalized spacial score (nSPS) is 12.1. The lowest BCUT2D eigenvalue weighted by Crippen LogP contribution is -2.03. The van der Waals surface area contributed by atoms with Gasteiger partial charge in [0.1, 0.15) is 5.69 Å². The van der Waals surface area contributed by atoms with Crippen LogP contribution in [0.3, 0.4) is 0 Å². The van der Waals surface area contributed by atoms with E-state index >= 15 is 0 Å². The van der Waals surface area contributed by atoms with E-state index in [4.69, 9.17) is 0 Å². The molecule has 0 N–H and O–H groups in total. The number of aromatic nitrogens is 4. The van der Waals surface area contributed by atoms with Gasteiger partial charge in [-0.2, -0.15) is 13.2 Å². The van der Waals surface area contributed by atoms with Gasteiger partial charge in [0, 0.05) is 6.20 Å². The zero-order chi connectivity index (χ0) is 13.3. The number of hydrogen-bond donors (Lipinski definition) is 0. The monoisotopic (exact) mass is 274 g/mol. The molecule has 18 heavy (non-hydrogen) atoms. The highest BCUT2D eigenvalue weighted by Gasteiger charge is 2.35. The summed E-state index contributed by atoms with van der Waals surface area (Å²) in [6, 6.07) is 0. The molecule has 4 nitrogen and oxygen atoms in total. The Labute approximate surface area is 105 Å². The van der Waals surface area contributed by atoms with Crippen molar-refractivity contribution in [3.63, 3.8) is 0 Å². The molecular formula is C10H9F3N4S. The van der Waals surface area contributed by atoms with Crippen LogP contribution in [0.25, 0.3) is 10.7 Å². The Morgan fingerprint density at radius 3 is 2.44 bits per heavy atom. The molecule has 0 unspecified atom stereocenters. The number of nitrogens with zero attached hydrogens (tertiary/aromatic N) is 4. The fourth-order valence-corrected chi connectivity index (χ4v) is 1.87. The van der Waals surface area contributed by atoms with Crippen LogP contribution in [-0.4, -0.2) is 20.2 Å². The maximum atomic E-state index is 12.4. The molecular weight excluding hydrogens is 265 g/mol. The summed E-state index contributed by atoms with van der Waals surface area (Å²) in [5.41, 5.74) is 1.02. The first-order valence-electron chi connectivity index (χ1n) is 5.11. The third-order valence-electron chi connectivity index (χ3n) is 2.13. The van der Waals surface area contributed by atoms with Crippen molar-refractivity contribution in [2.75, 3.05) is 0 Å². The number of alkyl halides is 3. The second-order valence-electron chi connectivity index (χ2n) is 3.89. The lowest BCUT2D eigenvalue weighted by molar-refractivity contribution is -0.138. The van der Waals surface area contributed by atoms with Crippen LogP contribution in [-0.2, 0) is 6.18 Å². The van der Waals surface area contributed by atoms with Gasteiger partial charge in [-0.1, -0.05) is 25.2 Å². The van der Waals surface area contributed by atoms with Crippen molar-refractivity contribution >= 4 is 11.3 Å². The fraction of sp³-hybridized carbons (Fsp3) is 0.400. The average Bonchev–Trinajstić information content (AvgIpc) is 2.78. The largest absolute Gasteiger partial charge is 0.445 e. The van der Waals surface area contributed by atoms with Crippen LogP contribution in [0.1, 0.15) is 30.5 Å². The third-order valence-corrected chi connectivity index (χ3v) is 3.12. The van der Waals surface area contributed by atoms with Crippen LogP contribution in [0.15, 0.2) is 12.4 Å². The van der Waals surface area contributed by atoms with Crippen LogP contribution >= 0.6 is 11.3 Å². The lowest BCUT2D eigenvalue weighted by Gasteiger charge is -2.03. The van der Waals surface area contributed by atoms with E-state index in [0.29, 0.717) is 22.7 Å². The summed E-state index contributed by atoms with van der Waals surface area (Å²) in [5.74, 6) is 0.146. The van der Waals surface area contributed by atoms with Crippen LogP contribution in [0.5, 0.6) is 0 Å². The SMILES string of the molecule is CC(C)c1cncc(-c2nnc(C(F)(F)F)s2)n1. The van der Waals surface area contributed by atoms with Crippen LogP contribution in [0, 0.1) is 0 Å². The number of rotatable bonds is 2. The highest BCUT2D eigenvalue weighted by atomic mass is 32.1. The molecule has 0 aromatic carbocycles. The summed E-state index contributed by atoms with van der Waals surface area (Å²) in [4.78, 5) is 8.16. The van der Waals surface area contributed by atoms with Gasteiger partial charge in [0.2, 0.25) is 5.01 Å². The van der Waals surface area contributed by atoms with Crippen LogP contribution in [0.2, 0.25) is 0 Å². The number of hydrogen-bond acceptors (Lipinski definition) is 5. The number of halogens is 3. The van der Waals surface area contributed by atoms with Gasteiger partial charge >= 0.3 is 6.18 Å². The summed E-state index contributed by atoms with van der Waals surface area (Å²) in [5, 5.41) is 5.76. The maximum absolute atomic E-state index is 12.4. The van der Waals surface area contributed by atoms with E-state index in [-0.39, 0.29) is 10.9 Å². The van der Waals surface area contributed by atoms with Crippen LogP contribution in [0.4, 0.5) is 13.2 Å². The molecule has 0 saturated heterocycles. The molecule has 2 heterocycles. The molecule has 0 bridgehead atoms. The molecule has 0 amide bonds.